The zero-order valence-electron chi connectivity index (χ0n) is 18.9. The molecule has 0 radical (unpaired) electrons. The van der Waals surface area contributed by atoms with Gasteiger partial charge < -0.3 is 19.3 Å². The van der Waals surface area contributed by atoms with Crippen molar-refractivity contribution < 1.29 is 23.6 Å². The van der Waals surface area contributed by atoms with Crippen LogP contribution in [0.5, 0.6) is 11.5 Å². The number of hydrogen-bond acceptors (Lipinski definition) is 7. The maximum absolute atomic E-state index is 13.3. The van der Waals surface area contributed by atoms with Crippen molar-refractivity contribution in [2.45, 2.75) is 19.0 Å². The monoisotopic (exact) mass is 458 g/mol. The third-order valence-corrected chi connectivity index (χ3v) is 6.01. The fourth-order valence-corrected chi connectivity index (χ4v) is 4.08. The topological polar surface area (TPSA) is 107 Å². The predicted molar refractivity (Wildman–Crippen MR) is 123 cm³/mol. The third-order valence-electron chi connectivity index (χ3n) is 6.01. The number of imide groups is 1. The van der Waals surface area contributed by atoms with Gasteiger partial charge in [-0.25, -0.2) is 4.79 Å². The molecule has 4 aromatic rings. The Hall–Kier alpha value is -4.40. The number of rotatable bonds is 6. The Kier molecular flexibility index (Phi) is 5.16. The van der Waals surface area contributed by atoms with Crippen molar-refractivity contribution in [2.75, 3.05) is 14.2 Å². The molecule has 9 heteroatoms. The lowest BCUT2D eigenvalue weighted by atomic mass is 9.90. The van der Waals surface area contributed by atoms with E-state index in [0.717, 1.165) is 15.7 Å². The number of carbonyl (C=O) groups excluding carboxylic acids is 2. The molecule has 1 aliphatic rings. The fourth-order valence-electron chi connectivity index (χ4n) is 4.08. The molecule has 172 valence electrons. The molecule has 3 aromatic carbocycles. The molecule has 34 heavy (non-hydrogen) atoms. The first-order valence-electron chi connectivity index (χ1n) is 10.6. The van der Waals surface area contributed by atoms with Gasteiger partial charge in [0, 0.05) is 6.07 Å². The molecule has 0 aliphatic carbocycles. The van der Waals surface area contributed by atoms with Crippen LogP contribution < -0.4 is 14.8 Å². The molecule has 1 fully saturated rings. The first kappa shape index (κ1) is 21.4. The first-order valence-corrected chi connectivity index (χ1v) is 10.6. The van der Waals surface area contributed by atoms with Crippen LogP contribution in [0.25, 0.3) is 22.2 Å². The smallest absolute Gasteiger partial charge is 0.325 e. The Bertz CT molecular complexity index is 1420. The molecule has 5 rings (SSSR count). The van der Waals surface area contributed by atoms with Gasteiger partial charge in [-0.3, -0.25) is 9.69 Å². The van der Waals surface area contributed by atoms with Crippen LogP contribution in [0.2, 0.25) is 0 Å². The van der Waals surface area contributed by atoms with E-state index in [2.05, 4.69) is 15.5 Å². The van der Waals surface area contributed by atoms with Crippen LogP contribution >= 0.6 is 0 Å². The van der Waals surface area contributed by atoms with Gasteiger partial charge in [-0.2, -0.15) is 4.98 Å². The van der Waals surface area contributed by atoms with Crippen molar-refractivity contribution in [3.63, 3.8) is 0 Å². The van der Waals surface area contributed by atoms with Gasteiger partial charge in [-0.05, 0) is 41.5 Å². The minimum atomic E-state index is -1.21. The summed E-state index contributed by atoms with van der Waals surface area (Å²) in [5.74, 6) is 1.13. The van der Waals surface area contributed by atoms with Crippen LogP contribution in [-0.2, 0) is 16.9 Å². The molecule has 3 amide bonds. The van der Waals surface area contributed by atoms with Gasteiger partial charge in [-0.15, -0.1) is 0 Å². The molecule has 9 nitrogen and oxygen atoms in total. The number of fused-ring (bicyclic) bond motifs is 1. The summed E-state index contributed by atoms with van der Waals surface area (Å²) >= 11 is 0. The number of amides is 3. The van der Waals surface area contributed by atoms with Crippen LogP contribution in [0, 0.1) is 0 Å². The van der Waals surface area contributed by atoms with Gasteiger partial charge in [0.25, 0.3) is 5.91 Å². The zero-order valence-corrected chi connectivity index (χ0v) is 18.9. The maximum atomic E-state index is 13.3. The van der Waals surface area contributed by atoms with Crippen molar-refractivity contribution in [1.82, 2.24) is 20.4 Å². The van der Waals surface area contributed by atoms with E-state index in [4.69, 9.17) is 14.0 Å². The first-order chi connectivity index (χ1) is 16.4. The van der Waals surface area contributed by atoms with Crippen molar-refractivity contribution in [1.29, 1.82) is 0 Å². The SMILES string of the molecule is COc1ccc(-c2noc(CN3C(=O)N[C@](C)(c4ccc5ccccc5c4)C3=O)n2)c(OC)c1. The molecule has 1 N–H and O–H groups in total. The lowest BCUT2D eigenvalue weighted by Gasteiger charge is -2.22. The summed E-state index contributed by atoms with van der Waals surface area (Å²) in [6, 6.07) is 18.2. The molecular formula is C25H22N4O5. The average molecular weight is 458 g/mol. The van der Waals surface area contributed by atoms with Crippen LogP contribution in [0.15, 0.2) is 65.2 Å². The molecule has 0 saturated carbocycles. The Morgan fingerprint density at radius 3 is 2.56 bits per heavy atom. The Morgan fingerprint density at radius 1 is 1.00 bits per heavy atom. The van der Waals surface area contributed by atoms with E-state index >= 15 is 0 Å². The molecule has 1 atom stereocenters. The van der Waals surface area contributed by atoms with Gasteiger partial charge in [0.05, 0.1) is 19.8 Å². The summed E-state index contributed by atoms with van der Waals surface area (Å²) in [7, 11) is 3.09. The summed E-state index contributed by atoms with van der Waals surface area (Å²) in [6.45, 7) is 1.54. The Balaban J connectivity index is 1.40. The number of benzene rings is 3. The lowest BCUT2D eigenvalue weighted by Crippen LogP contribution is -2.40. The molecular weight excluding hydrogens is 436 g/mol. The number of hydrogen-bond donors (Lipinski definition) is 1. The van der Waals surface area contributed by atoms with Gasteiger partial charge in [0.1, 0.15) is 23.6 Å². The fraction of sp³-hybridized carbons (Fsp3) is 0.200. The average Bonchev–Trinajstić information content (AvgIpc) is 3.42. The number of nitrogens with zero attached hydrogens (tertiary/aromatic N) is 3. The van der Waals surface area contributed by atoms with Crippen LogP contribution in [-0.4, -0.2) is 41.2 Å². The number of carbonyl (C=O) groups is 2. The highest BCUT2D eigenvalue weighted by atomic mass is 16.5. The maximum Gasteiger partial charge on any atom is 0.325 e. The third kappa shape index (κ3) is 3.51. The number of nitrogens with one attached hydrogen (secondary N) is 1. The summed E-state index contributed by atoms with van der Waals surface area (Å²) in [5, 5.41) is 8.84. The lowest BCUT2D eigenvalue weighted by molar-refractivity contribution is -0.131. The van der Waals surface area contributed by atoms with Crippen LogP contribution in [0.3, 0.4) is 0 Å². The van der Waals surface area contributed by atoms with Gasteiger partial charge in [0.2, 0.25) is 11.7 Å². The van der Waals surface area contributed by atoms with Gasteiger partial charge >= 0.3 is 6.03 Å². The predicted octanol–water partition coefficient (Wildman–Crippen LogP) is 3.87. The van der Waals surface area contributed by atoms with Gasteiger partial charge in [0.15, 0.2) is 0 Å². The molecule has 2 heterocycles. The van der Waals surface area contributed by atoms with Crippen LogP contribution in [0.4, 0.5) is 4.79 Å². The van der Waals surface area contributed by atoms with E-state index in [1.807, 2.05) is 42.5 Å². The van der Waals surface area contributed by atoms with Crippen molar-refractivity contribution in [2.24, 2.45) is 0 Å². The normalized spacial score (nSPS) is 17.8. The highest BCUT2D eigenvalue weighted by molar-refractivity contribution is 6.07. The second-order valence-electron chi connectivity index (χ2n) is 8.09. The van der Waals surface area contributed by atoms with E-state index in [0.29, 0.717) is 22.6 Å². The minimum Gasteiger partial charge on any atom is -0.497 e. The summed E-state index contributed by atoms with van der Waals surface area (Å²) in [5.41, 5.74) is 0.0844. The van der Waals surface area contributed by atoms with Crippen molar-refractivity contribution in [3.05, 3.63) is 72.1 Å². The minimum absolute atomic E-state index is 0.124. The molecule has 0 bridgehead atoms. The zero-order chi connectivity index (χ0) is 23.9. The van der Waals surface area contributed by atoms with E-state index < -0.39 is 17.5 Å². The Labute approximate surface area is 195 Å². The number of aromatic nitrogens is 2. The van der Waals surface area contributed by atoms with E-state index in [-0.39, 0.29) is 18.3 Å². The standard InChI is InChI=1S/C25H22N4O5/c1-25(17-9-8-15-6-4-5-7-16(15)12-17)23(30)29(24(31)27-25)14-21-26-22(28-34-21)19-11-10-18(32-2)13-20(19)33-3/h4-13H,14H2,1-3H3,(H,27,31)/t25-/m1/s1. The van der Waals surface area contributed by atoms with E-state index in [9.17, 15) is 9.59 Å². The Morgan fingerprint density at radius 2 is 1.79 bits per heavy atom. The van der Waals surface area contributed by atoms with Crippen LogP contribution in [0.1, 0.15) is 18.4 Å². The second-order valence-corrected chi connectivity index (χ2v) is 8.09. The molecule has 1 aliphatic heterocycles. The number of methoxy groups -OCH3 is 2. The molecule has 1 saturated heterocycles. The van der Waals surface area contributed by atoms with E-state index in [1.54, 1.807) is 32.2 Å². The number of ether oxygens (including phenoxy) is 2. The second kappa shape index (κ2) is 8.18. The van der Waals surface area contributed by atoms with E-state index in [1.165, 1.54) is 7.11 Å². The van der Waals surface area contributed by atoms with Crippen molar-refractivity contribution in [3.8, 4) is 22.9 Å². The largest absolute Gasteiger partial charge is 0.497 e. The quantitative estimate of drug-likeness (QED) is 0.437. The van der Waals surface area contributed by atoms with Gasteiger partial charge in [-0.1, -0.05) is 41.6 Å². The molecule has 1 aromatic heterocycles. The van der Waals surface area contributed by atoms with Crippen molar-refractivity contribution >= 4 is 22.7 Å². The molecule has 0 spiro atoms. The highest BCUT2D eigenvalue weighted by Gasteiger charge is 2.49. The molecule has 0 unspecified atom stereocenters. The number of urea groups is 1. The summed E-state index contributed by atoms with van der Waals surface area (Å²) in [6.07, 6.45) is 0. The highest BCUT2D eigenvalue weighted by Crippen LogP contribution is 2.33. The summed E-state index contributed by atoms with van der Waals surface area (Å²) in [4.78, 5) is 31.6. The summed E-state index contributed by atoms with van der Waals surface area (Å²) < 4.78 is 16.0.